The molecule has 0 spiro atoms. The van der Waals surface area contributed by atoms with Crippen LogP contribution in [0.3, 0.4) is 0 Å². The molecule has 0 aliphatic carbocycles. The Morgan fingerprint density at radius 3 is 2.68 bits per heavy atom. The smallest absolute Gasteiger partial charge is 0.241 e. The summed E-state index contributed by atoms with van der Waals surface area (Å²) in [4.78, 5) is 16.6. The number of benzene rings is 1. The molecular weight excluding hydrogens is 401 g/mol. The number of nitrogens with two attached hydrogens (primary N) is 1. The predicted octanol–water partition coefficient (Wildman–Crippen LogP) is 3.97. The van der Waals surface area contributed by atoms with Crippen molar-refractivity contribution in [3.05, 3.63) is 48.2 Å². The number of amides is 1. The van der Waals surface area contributed by atoms with Gasteiger partial charge < -0.3 is 20.5 Å². The van der Waals surface area contributed by atoms with E-state index in [9.17, 15) is 4.79 Å². The molecule has 8 heteroatoms. The van der Waals surface area contributed by atoms with Crippen LogP contribution in [-0.2, 0) is 16.0 Å². The Bertz CT molecular complexity index is 738. The fraction of sp³-hybridized carbons (Fsp3) is 0.400. The molecule has 1 saturated heterocycles. The molecule has 1 fully saturated rings. The van der Waals surface area contributed by atoms with E-state index >= 15 is 0 Å². The minimum atomic E-state index is -0.536. The Labute approximate surface area is 178 Å². The zero-order chi connectivity index (χ0) is 18.4. The van der Waals surface area contributed by atoms with E-state index in [0.29, 0.717) is 24.8 Å². The first-order valence-electron chi connectivity index (χ1n) is 9.02. The van der Waals surface area contributed by atoms with Crippen LogP contribution in [-0.4, -0.2) is 30.1 Å². The van der Waals surface area contributed by atoms with Gasteiger partial charge in [0.2, 0.25) is 11.8 Å². The van der Waals surface area contributed by atoms with Crippen LogP contribution in [0.25, 0.3) is 0 Å². The minimum Gasteiger partial charge on any atom is -0.439 e. The molecule has 6 nitrogen and oxygen atoms in total. The van der Waals surface area contributed by atoms with Gasteiger partial charge in [0, 0.05) is 19.3 Å². The Morgan fingerprint density at radius 1 is 1.29 bits per heavy atom. The molecule has 0 saturated carbocycles. The van der Waals surface area contributed by atoms with E-state index in [1.807, 2.05) is 18.2 Å². The van der Waals surface area contributed by atoms with Gasteiger partial charge in [-0.3, -0.25) is 4.79 Å². The molecule has 1 aliphatic rings. The van der Waals surface area contributed by atoms with Crippen molar-refractivity contribution < 1.29 is 14.3 Å². The average Bonchev–Trinajstić information content (AvgIpc) is 2.69. The number of nitrogens with zero attached hydrogens (tertiary/aromatic N) is 1. The van der Waals surface area contributed by atoms with Gasteiger partial charge in [-0.15, -0.1) is 24.8 Å². The fourth-order valence-corrected chi connectivity index (χ4v) is 2.98. The highest BCUT2D eigenvalue weighted by Crippen LogP contribution is 2.22. The highest BCUT2D eigenvalue weighted by atomic mass is 35.5. The third-order valence-electron chi connectivity index (χ3n) is 4.61. The van der Waals surface area contributed by atoms with E-state index in [0.717, 1.165) is 25.0 Å². The van der Waals surface area contributed by atoms with Crippen LogP contribution in [0.2, 0.25) is 0 Å². The average molecular weight is 428 g/mol. The summed E-state index contributed by atoms with van der Waals surface area (Å²) in [7, 11) is 0. The molecule has 2 heterocycles. The van der Waals surface area contributed by atoms with Gasteiger partial charge in [0.1, 0.15) is 5.75 Å². The Morgan fingerprint density at radius 2 is 2.04 bits per heavy atom. The second-order valence-electron chi connectivity index (χ2n) is 6.45. The number of halogens is 2. The van der Waals surface area contributed by atoms with Gasteiger partial charge >= 0.3 is 0 Å². The summed E-state index contributed by atoms with van der Waals surface area (Å²) in [6, 6.07) is 10.9. The Kier molecular flexibility index (Phi) is 10.2. The van der Waals surface area contributed by atoms with E-state index in [-0.39, 0.29) is 36.6 Å². The fourth-order valence-electron chi connectivity index (χ4n) is 2.98. The summed E-state index contributed by atoms with van der Waals surface area (Å²) in [5.74, 6) is 1.19. The highest BCUT2D eigenvalue weighted by molar-refractivity contribution is 5.94. The van der Waals surface area contributed by atoms with Crippen LogP contribution in [0.15, 0.2) is 42.6 Å². The van der Waals surface area contributed by atoms with Gasteiger partial charge in [-0.2, -0.15) is 0 Å². The van der Waals surface area contributed by atoms with Crippen molar-refractivity contribution in [3.63, 3.8) is 0 Å². The number of aryl methyl sites for hydroxylation is 1. The highest BCUT2D eigenvalue weighted by Gasteiger charge is 2.26. The molecule has 1 aromatic heterocycles. The Balaban J connectivity index is 0.00000196. The number of hydrogen-bond acceptors (Lipinski definition) is 5. The number of hydrogen-bond donors (Lipinski definition) is 2. The van der Waals surface area contributed by atoms with Gasteiger partial charge in [-0.25, -0.2) is 4.98 Å². The monoisotopic (exact) mass is 427 g/mol. The maximum Gasteiger partial charge on any atom is 0.241 e. The third-order valence-corrected chi connectivity index (χ3v) is 4.61. The van der Waals surface area contributed by atoms with Crippen LogP contribution in [0.4, 0.5) is 5.69 Å². The molecular formula is C20H27Cl2N3O3. The van der Waals surface area contributed by atoms with E-state index < -0.39 is 6.04 Å². The van der Waals surface area contributed by atoms with Gasteiger partial charge in [-0.1, -0.05) is 19.1 Å². The lowest BCUT2D eigenvalue weighted by molar-refractivity contribution is -0.119. The SMILES string of the molecule is CCc1cccc(Oc2ccc(NC(=O)C(N)C3CCOCC3)cn2)c1.Cl.Cl. The number of carbonyl (C=O) groups is 1. The van der Waals surface area contributed by atoms with Crippen molar-refractivity contribution in [1.82, 2.24) is 4.98 Å². The van der Waals surface area contributed by atoms with Crippen LogP contribution in [0.1, 0.15) is 25.3 Å². The van der Waals surface area contributed by atoms with E-state index in [1.54, 1.807) is 18.3 Å². The molecule has 1 unspecified atom stereocenters. The van der Waals surface area contributed by atoms with Gasteiger partial charge in [0.25, 0.3) is 0 Å². The second kappa shape index (κ2) is 11.9. The number of ether oxygens (including phenoxy) is 2. The lowest BCUT2D eigenvalue weighted by Gasteiger charge is -2.26. The topological polar surface area (TPSA) is 86.5 Å². The van der Waals surface area contributed by atoms with Crippen LogP contribution in [0, 0.1) is 5.92 Å². The number of carbonyl (C=O) groups excluding carboxylic acids is 1. The molecule has 1 aromatic carbocycles. The zero-order valence-electron chi connectivity index (χ0n) is 15.8. The maximum absolute atomic E-state index is 12.3. The zero-order valence-corrected chi connectivity index (χ0v) is 17.4. The summed E-state index contributed by atoms with van der Waals surface area (Å²) in [6.45, 7) is 3.43. The third kappa shape index (κ3) is 6.63. The number of nitrogens with one attached hydrogen (secondary N) is 1. The quantitative estimate of drug-likeness (QED) is 0.727. The largest absolute Gasteiger partial charge is 0.439 e. The molecule has 0 radical (unpaired) electrons. The first-order chi connectivity index (χ1) is 12.7. The molecule has 3 rings (SSSR count). The Hall–Kier alpha value is -1.86. The number of aromatic nitrogens is 1. The lowest BCUT2D eigenvalue weighted by Crippen LogP contribution is -2.44. The molecule has 3 N–H and O–H groups in total. The van der Waals surface area contributed by atoms with Crippen LogP contribution < -0.4 is 15.8 Å². The van der Waals surface area contributed by atoms with Crippen LogP contribution in [0.5, 0.6) is 11.6 Å². The predicted molar refractivity (Wildman–Crippen MR) is 115 cm³/mol. The molecule has 0 bridgehead atoms. The van der Waals surface area contributed by atoms with Crippen molar-refractivity contribution >= 4 is 36.4 Å². The number of anilines is 1. The van der Waals surface area contributed by atoms with Crippen LogP contribution >= 0.6 is 24.8 Å². The summed E-state index contributed by atoms with van der Waals surface area (Å²) in [5.41, 5.74) is 7.89. The van der Waals surface area contributed by atoms with E-state index in [1.165, 1.54) is 5.56 Å². The molecule has 28 heavy (non-hydrogen) atoms. The summed E-state index contributed by atoms with van der Waals surface area (Å²) in [5, 5.41) is 2.83. The van der Waals surface area contributed by atoms with Crippen molar-refractivity contribution in [2.45, 2.75) is 32.2 Å². The molecule has 1 amide bonds. The van der Waals surface area contributed by atoms with Crippen molar-refractivity contribution in [2.75, 3.05) is 18.5 Å². The molecule has 1 aliphatic heterocycles. The number of pyridine rings is 1. The van der Waals surface area contributed by atoms with Gasteiger partial charge in [0.05, 0.1) is 17.9 Å². The second-order valence-corrected chi connectivity index (χ2v) is 6.45. The van der Waals surface area contributed by atoms with Crippen molar-refractivity contribution in [3.8, 4) is 11.6 Å². The first-order valence-corrected chi connectivity index (χ1v) is 9.02. The lowest BCUT2D eigenvalue weighted by atomic mass is 9.92. The standard InChI is InChI=1S/C20H25N3O3.2ClH/c1-2-14-4-3-5-17(12-14)26-18-7-6-16(13-22-18)23-20(24)19(21)15-8-10-25-11-9-15;;/h3-7,12-13,15,19H,2,8-11,21H2,1H3,(H,23,24);2*1H. The van der Waals surface area contributed by atoms with Crippen molar-refractivity contribution in [2.24, 2.45) is 11.7 Å². The van der Waals surface area contributed by atoms with Gasteiger partial charge in [0.15, 0.2) is 0 Å². The minimum absolute atomic E-state index is 0. The number of rotatable bonds is 6. The van der Waals surface area contributed by atoms with E-state index in [2.05, 4.69) is 23.3 Å². The summed E-state index contributed by atoms with van der Waals surface area (Å²) < 4.78 is 11.1. The van der Waals surface area contributed by atoms with Crippen molar-refractivity contribution in [1.29, 1.82) is 0 Å². The maximum atomic E-state index is 12.3. The molecule has 154 valence electrons. The summed E-state index contributed by atoms with van der Waals surface area (Å²) in [6.07, 6.45) is 4.16. The summed E-state index contributed by atoms with van der Waals surface area (Å²) >= 11 is 0. The molecule has 1 atom stereocenters. The first kappa shape index (κ1) is 24.2. The molecule has 2 aromatic rings. The van der Waals surface area contributed by atoms with E-state index in [4.69, 9.17) is 15.2 Å². The normalized spacial score (nSPS) is 14.9. The van der Waals surface area contributed by atoms with Gasteiger partial charge in [-0.05, 0) is 48.9 Å².